The van der Waals surface area contributed by atoms with Crippen molar-refractivity contribution in [3.05, 3.63) is 35.9 Å². The van der Waals surface area contributed by atoms with E-state index in [2.05, 4.69) is 37.3 Å². The highest BCUT2D eigenvalue weighted by atomic mass is 14.4. The van der Waals surface area contributed by atoms with Crippen molar-refractivity contribution >= 4 is 0 Å². The van der Waals surface area contributed by atoms with Gasteiger partial charge in [-0.05, 0) is 36.3 Å². The topological polar surface area (TPSA) is 0 Å². The third-order valence-electron chi connectivity index (χ3n) is 4.40. The summed E-state index contributed by atoms with van der Waals surface area (Å²) < 4.78 is 0. The Labute approximate surface area is 106 Å². The van der Waals surface area contributed by atoms with Gasteiger partial charge in [-0.15, -0.1) is 0 Å². The number of unbranched alkanes of at least 4 members (excludes halogenated alkanes) is 2. The van der Waals surface area contributed by atoms with E-state index in [9.17, 15) is 0 Å². The minimum Gasteiger partial charge on any atom is -0.0654 e. The highest BCUT2D eigenvalue weighted by molar-refractivity contribution is 5.25. The Morgan fingerprint density at radius 1 is 1.06 bits per heavy atom. The lowest BCUT2D eigenvalue weighted by atomic mass is 9.66. The average Bonchev–Trinajstić information content (AvgIpc) is 2.41. The molecule has 2 rings (SSSR count). The zero-order chi connectivity index (χ0) is 12.0. The van der Waals surface area contributed by atoms with Crippen LogP contribution in [0.25, 0.3) is 0 Å². The molecule has 0 aromatic heterocycles. The van der Waals surface area contributed by atoms with Crippen LogP contribution in [0.3, 0.4) is 0 Å². The lowest BCUT2D eigenvalue weighted by Gasteiger charge is -2.38. The fourth-order valence-electron chi connectivity index (χ4n) is 3.37. The quantitative estimate of drug-likeness (QED) is 0.603. The summed E-state index contributed by atoms with van der Waals surface area (Å²) in [6.07, 6.45) is 12.6. The normalized spacial score (nSPS) is 19.1. The van der Waals surface area contributed by atoms with E-state index in [-0.39, 0.29) is 0 Å². The molecule has 1 saturated carbocycles. The first-order valence-corrected chi connectivity index (χ1v) is 7.34. The fourth-order valence-corrected chi connectivity index (χ4v) is 3.37. The number of hydrogen-bond acceptors (Lipinski definition) is 0. The van der Waals surface area contributed by atoms with E-state index in [1.165, 1.54) is 57.8 Å². The van der Waals surface area contributed by atoms with Crippen LogP contribution in [0.2, 0.25) is 0 Å². The Morgan fingerprint density at radius 2 is 1.76 bits per heavy atom. The molecule has 0 unspecified atom stereocenters. The lowest BCUT2D eigenvalue weighted by molar-refractivity contribution is 0.266. The molecule has 0 bridgehead atoms. The lowest BCUT2D eigenvalue weighted by Crippen LogP contribution is -2.29. The van der Waals surface area contributed by atoms with Crippen LogP contribution >= 0.6 is 0 Å². The molecule has 0 nitrogen and oxygen atoms in total. The maximum atomic E-state index is 3.16. The van der Waals surface area contributed by atoms with E-state index >= 15 is 0 Å². The molecule has 1 aromatic carbocycles. The Hall–Kier alpha value is -0.780. The van der Waals surface area contributed by atoms with Crippen molar-refractivity contribution in [1.29, 1.82) is 0 Å². The summed E-state index contributed by atoms with van der Waals surface area (Å²) in [6.45, 7) is 2.30. The average molecular weight is 229 g/mol. The van der Waals surface area contributed by atoms with Gasteiger partial charge in [0.2, 0.25) is 0 Å². The zero-order valence-electron chi connectivity index (χ0n) is 11.2. The summed E-state index contributed by atoms with van der Waals surface area (Å²) in [5, 5.41) is 0. The number of hydrogen-bond donors (Lipinski definition) is 0. The van der Waals surface area contributed by atoms with E-state index in [4.69, 9.17) is 0 Å². The van der Waals surface area contributed by atoms with Gasteiger partial charge in [-0.3, -0.25) is 0 Å². The van der Waals surface area contributed by atoms with Gasteiger partial charge >= 0.3 is 0 Å². The first kappa shape index (κ1) is 12.7. The maximum Gasteiger partial charge on any atom is -0.00470 e. The molecule has 17 heavy (non-hydrogen) atoms. The monoisotopic (exact) mass is 229 g/mol. The van der Waals surface area contributed by atoms with E-state index in [1.54, 1.807) is 5.56 Å². The molecule has 0 aliphatic heterocycles. The minimum absolute atomic E-state index is 0.502. The molecule has 0 heterocycles. The molecule has 0 N–H and O–H groups in total. The van der Waals surface area contributed by atoms with Gasteiger partial charge in [-0.2, -0.15) is 0 Å². The SMILES string of the molecule is CCCCCC1(c2cc[c]cc2)CCCCC1. The molecule has 1 fully saturated rings. The molecule has 93 valence electrons. The van der Waals surface area contributed by atoms with Crippen molar-refractivity contribution in [3.8, 4) is 0 Å². The van der Waals surface area contributed by atoms with E-state index in [1.807, 2.05) is 0 Å². The van der Waals surface area contributed by atoms with Crippen LogP contribution < -0.4 is 0 Å². The fraction of sp³-hybridized carbons (Fsp3) is 0.647. The van der Waals surface area contributed by atoms with Crippen molar-refractivity contribution < 1.29 is 0 Å². The Morgan fingerprint density at radius 3 is 2.41 bits per heavy atom. The molecule has 1 radical (unpaired) electrons. The predicted octanol–water partition coefficient (Wildman–Crippen LogP) is 5.27. The molecule has 1 aromatic rings. The maximum absolute atomic E-state index is 3.16. The van der Waals surface area contributed by atoms with Gasteiger partial charge in [0.05, 0.1) is 0 Å². The van der Waals surface area contributed by atoms with Crippen molar-refractivity contribution in [3.63, 3.8) is 0 Å². The summed E-state index contributed by atoms with van der Waals surface area (Å²) in [5.74, 6) is 0. The summed E-state index contributed by atoms with van der Waals surface area (Å²) in [4.78, 5) is 0. The van der Waals surface area contributed by atoms with Gasteiger partial charge in [-0.1, -0.05) is 69.7 Å². The Balaban J connectivity index is 2.11. The molecule has 0 saturated heterocycles. The zero-order valence-corrected chi connectivity index (χ0v) is 11.2. The number of rotatable bonds is 5. The summed E-state index contributed by atoms with van der Waals surface area (Å²) in [5.41, 5.74) is 2.08. The Kier molecular flexibility index (Phi) is 4.65. The molecule has 0 amide bonds. The molecule has 1 aliphatic rings. The van der Waals surface area contributed by atoms with Crippen LogP contribution in [0.4, 0.5) is 0 Å². The highest BCUT2D eigenvalue weighted by Crippen LogP contribution is 2.43. The minimum atomic E-state index is 0.502. The second kappa shape index (κ2) is 6.23. The Bertz CT molecular complexity index is 306. The predicted molar refractivity (Wildman–Crippen MR) is 74.2 cm³/mol. The first-order valence-electron chi connectivity index (χ1n) is 7.34. The first-order chi connectivity index (χ1) is 8.37. The van der Waals surface area contributed by atoms with Gasteiger partial charge in [-0.25, -0.2) is 0 Å². The van der Waals surface area contributed by atoms with E-state index in [0.29, 0.717) is 5.41 Å². The van der Waals surface area contributed by atoms with Crippen LogP contribution in [0.5, 0.6) is 0 Å². The summed E-state index contributed by atoms with van der Waals surface area (Å²) in [6, 6.07) is 11.9. The van der Waals surface area contributed by atoms with Gasteiger partial charge in [0.25, 0.3) is 0 Å². The van der Waals surface area contributed by atoms with Crippen LogP contribution in [-0.4, -0.2) is 0 Å². The molecular weight excluding hydrogens is 204 g/mol. The third-order valence-corrected chi connectivity index (χ3v) is 4.40. The van der Waals surface area contributed by atoms with E-state index in [0.717, 1.165) is 0 Å². The second-order valence-corrected chi connectivity index (χ2v) is 5.59. The van der Waals surface area contributed by atoms with Gasteiger partial charge < -0.3 is 0 Å². The van der Waals surface area contributed by atoms with Crippen LogP contribution in [-0.2, 0) is 5.41 Å². The van der Waals surface area contributed by atoms with Crippen LogP contribution in [0.1, 0.15) is 70.3 Å². The standard InChI is InChI=1S/C17H25/c1-2-3-8-13-17(14-9-5-10-15-17)16-11-6-4-7-12-16/h6-7,11-12H,2-3,5,8-10,13-15H2,1H3. The smallest absolute Gasteiger partial charge is 0.00470 e. The van der Waals surface area contributed by atoms with Crippen molar-refractivity contribution in [2.45, 2.75) is 70.1 Å². The molecule has 0 heteroatoms. The largest absolute Gasteiger partial charge is 0.0654 e. The van der Waals surface area contributed by atoms with Gasteiger partial charge in [0.15, 0.2) is 0 Å². The summed E-state index contributed by atoms with van der Waals surface area (Å²) >= 11 is 0. The molecule has 0 atom stereocenters. The number of benzene rings is 1. The van der Waals surface area contributed by atoms with E-state index < -0.39 is 0 Å². The van der Waals surface area contributed by atoms with Crippen LogP contribution in [0.15, 0.2) is 24.3 Å². The van der Waals surface area contributed by atoms with Gasteiger partial charge in [0.1, 0.15) is 0 Å². The van der Waals surface area contributed by atoms with Crippen molar-refractivity contribution in [2.24, 2.45) is 0 Å². The molecule has 1 aliphatic carbocycles. The summed E-state index contributed by atoms with van der Waals surface area (Å²) in [7, 11) is 0. The van der Waals surface area contributed by atoms with Crippen LogP contribution in [0, 0.1) is 6.07 Å². The second-order valence-electron chi connectivity index (χ2n) is 5.59. The van der Waals surface area contributed by atoms with Crippen molar-refractivity contribution in [1.82, 2.24) is 0 Å². The third kappa shape index (κ3) is 3.12. The van der Waals surface area contributed by atoms with Crippen molar-refractivity contribution in [2.75, 3.05) is 0 Å². The highest BCUT2D eigenvalue weighted by Gasteiger charge is 2.32. The molecule has 0 spiro atoms. The van der Waals surface area contributed by atoms with Gasteiger partial charge in [0, 0.05) is 0 Å². The molecular formula is C17H25.